The molecule has 1 N–H and O–H groups in total. The van der Waals surface area contributed by atoms with Crippen molar-refractivity contribution in [2.24, 2.45) is 17.8 Å². The number of unbranched alkanes of at least 4 members (excludes halogenated alkanes) is 6. The van der Waals surface area contributed by atoms with Crippen molar-refractivity contribution in [1.82, 2.24) is 5.32 Å². The maximum absolute atomic E-state index is 3.62. The van der Waals surface area contributed by atoms with Crippen molar-refractivity contribution < 1.29 is 0 Å². The molecular weight excluding hydrogens is 242 g/mol. The molecule has 0 aromatic rings. The van der Waals surface area contributed by atoms with Crippen molar-refractivity contribution in [3.63, 3.8) is 0 Å². The topological polar surface area (TPSA) is 12.0 Å². The van der Waals surface area contributed by atoms with E-state index in [1.807, 2.05) is 0 Å². The highest BCUT2D eigenvalue weighted by Crippen LogP contribution is 2.35. The van der Waals surface area contributed by atoms with Crippen LogP contribution in [-0.4, -0.2) is 13.1 Å². The molecule has 1 fully saturated rings. The van der Waals surface area contributed by atoms with Crippen LogP contribution in [0.5, 0.6) is 0 Å². The molecule has 1 saturated carbocycles. The minimum Gasteiger partial charge on any atom is -0.317 e. The van der Waals surface area contributed by atoms with Gasteiger partial charge in [-0.2, -0.15) is 0 Å². The van der Waals surface area contributed by atoms with Gasteiger partial charge in [0.05, 0.1) is 0 Å². The summed E-state index contributed by atoms with van der Waals surface area (Å²) in [7, 11) is 2.18. The molecule has 1 rings (SSSR count). The van der Waals surface area contributed by atoms with Gasteiger partial charge in [0.1, 0.15) is 0 Å². The number of nitrogens with one attached hydrogen (secondary N) is 1. The lowest BCUT2D eigenvalue weighted by Crippen LogP contribution is -2.37. The Morgan fingerprint density at radius 3 is 1.95 bits per heavy atom. The van der Waals surface area contributed by atoms with Crippen LogP contribution in [0.1, 0.15) is 91.4 Å². The summed E-state index contributed by atoms with van der Waals surface area (Å²) in [5.74, 6) is 2.81. The zero-order chi connectivity index (χ0) is 14.8. The first kappa shape index (κ1) is 18.0. The molecular formula is C19H39N. The van der Waals surface area contributed by atoms with E-state index >= 15 is 0 Å². The van der Waals surface area contributed by atoms with E-state index in [4.69, 9.17) is 0 Å². The summed E-state index contributed by atoms with van der Waals surface area (Å²) in [6.45, 7) is 7.19. The SMILES string of the molecule is CCCCCCCCCC(NC)C1CC(C)CC(C)C1. The number of hydrogen-bond acceptors (Lipinski definition) is 1. The van der Waals surface area contributed by atoms with Crippen molar-refractivity contribution in [2.45, 2.75) is 97.4 Å². The molecule has 3 unspecified atom stereocenters. The van der Waals surface area contributed by atoms with Crippen molar-refractivity contribution in [1.29, 1.82) is 0 Å². The first-order valence-electron chi connectivity index (χ1n) is 9.34. The Kier molecular flexibility index (Phi) is 9.59. The second kappa shape index (κ2) is 10.7. The molecule has 0 bridgehead atoms. The standard InChI is InChI=1S/C19H39N/c1-5-6-7-8-9-10-11-12-19(20-4)18-14-16(2)13-17(3)15-18/h16-20H,5-15H2,1-4H3. The monoisotopic (exact) mass is 281 g/mol. The molecule has 0 amide bonds. The van der Waals surface area contributed by atoms with E-state index in [1.165, 1.54) is 70.6 Å². The van der Waals surface area contributed by atoms with E-state index in [1.54, 1.807) is 0 Å². The van der Waals surface area contributed by atoms with Gasteiger partial charge in [0.25, 0.3) is 0 Å². The largest absolute Gasteiger partial charge is 0.317 e. The van der Waals surface area contributed by atoms with Gasteiger partial charge in [-0.25, -0.2) is 0 Å². The summed E-state index contributed by atoms with van der Waals surface area (Å²) in [6.07, 6.45) is 15.8. The third kappa shape index (κ3) is 7.11. The fourth-order valence-corrected chi connectivity index (χ4v) is 4.27. The second-order valence-corrected chi connectivity index (χ2v) is 7.48. The Morgan fingerprint density at radius 1 is 0.850 bits per heavy atom. The molecule has 1 aliphatic carbocycles. The van der Waals surface area contributed by atoms with Gasteiger partial charge < -0.3 is 5.32 Å². The molecule has 1 heteroatoms. The Balaban J connectivity index is 2.15. The minimum atomic E-state index is 0.774. The van der Waals surface area contributed by atoms with Crippen LogP contribution in [0.15, 0.2) is 0 Å². The van der Waals surface area contributed by atoms with Crippen LogP contribution in [0, 0.1) is 17.8 Å². The molecule has 0 heterocycles. The molecule has 0 aliphatic heterocycles. The third-order valence-electron chi connectivity index (χ3n) is 5.27. The van der Waals surface area contributed by atoms with Gasteiger partial charge in [0.15, 0.2) is 0 Å². The van der Waals surface area contributed by atoms with Crippen molar-refractivity contribution in [2.75, 3.05) is 7.05 Å². The molecule has 0 spiro atoms. The summed E-state index contributed by atoms with van der Waals surface area (Å²) in [6, 6.07) is 0.774. The van der Waals surface area contributed by atoms with E-state index in [2.05, 4.69) is 33.1 Å². The number of hydrogen-bond donors (Lipinski definition) is 1. The van der Waals surface area contributed by atoms with Crippen LogP contribution in [0.25, 0.3) is 0 Å². The molecule has 0 radical (unpaired) electrons. The van der Waals surface area contributed by atoms with Gasteiger partial charge >= 0.3 is 0 Å². The lowest BCUT2D eigenvalue weighted by molar-refractivity contribution is 0.173. The quantitative estimate of drug-likeness (QED) is 0.500. The molecule has 1 nitrogen and oxygen atoms in total. The summed E-state index contributed by atoms with van der Waals surface area (Å²) < 4.78 is 0. The van der Waals surface area contributed by atoms with Gasteiger partial charge in [-0.3, -0.25) is 0 Å². The first-order valence-corrected chi connectivity index (χ1v) is 9.34. The highest BCUT2D eigenvalue weighted by Gasteiger charge is 2.28. The first-order chi connectivity index (χ1) is 9.67. The van der Waals surface area contributed by atoms with E-state index in [9.17, 15) is 0 Å². The smallest absolute Gasteiger partial charge is 0.00925 e. The van der Waals surface area contributed by atoms with Crippen LogP contribution in [0.3, 0.4) is 0 Å². The normalized spacial score (nSPS) is 28.5. The maximum atomic E-state index is 3.62. The molecule has 20 heavy (non-hydrogen) atoms. The minimum absolute atomic E-state index is 0.774. The molecule has 1 aliphatic rings. The molecule has 3 atom stereocenters. The highest BCUT2D eigenvalue weighted by atomic mass is 14.9. The van der Waals surface area contributed by atoms with Gasteiger partial charge in [0.2, 0.25) is 0 Å². The number of rotatable bonds is 10. The van der Waals surface area contributed by atoms with Gasteiger partial charge in [-0.15, -0.1) is 0 Å². The van der Waals surface area contributed by atoms with Gasteiger partial charge in [0, 0.05) is 6.04 Å². The predicted molar refractivity (Wildman–Crippen MR) is 91.1 cm³/mol. The Hall–Kier alpha value is -0.0400. The van der Waals surface area contributed by atoms with E-state index in [0.29, 0.717) is 0 Å². The summed E-state index contributed by atoms with van der Waals surface area (Å²) >= 11 is 0. The van der Waals surface area contributed by atoms with Crippen LogP contribution >= 0.6 is 0 Å². The van der Waals surface area contributed by atoms with Crippen LogP contribution < -0.4 is 5.32 Å². The summed E-state index contributed by atoms with van der Waals surface area (Å²) in [4.78, 5) is 0. The predicted octanol–water partition coefficient (Wildman–Crippen LogP) is 5.79. The fourth-order valence-electron chi connectivity index (χ4n) is 4.27. The van der Waals surface area contributed by atoms with Crippen LogP contribution in [-0.2, 0) is 0 Å². The van der Waals surface area contributed by atoms with Crippen molar-refractivity contribution >= 4 is 0 Å². The lowest BCUT2D eigenvalue weighted by atomic mass is 9.73. The van der Waals surface area contributed by atoms with Crippen molar-refractivity contribution in [3.05, 3.63) is 0 Å². The van der Waals surface area contributed by atoms with Gasteiger partial charge in [-0.1, -0.05) is 65.7 Å². The van der Waals surface area contributed by atoms with Crippen LogP contribution in [0.2, 0.25) is 0 Å². The van der Waals surface area contributed by atoms with Gasteiger partial charge in [-0.05, 0) is 50.5 Å². The molecule has 0 aromatic heterocycles. The third-order valence-corrected chi connectivity index (χ3v) is 5.27. The summed E-state index contributed by atoms with van der Waals surface area (Å²) in [5, 5.41) is 3.62. The van der Waals surface area contributed by atoms with Crippen LogP contribution in [0.4, 0.5) is 0 Å². The molecule has 0 aromatic carbocycles. The highest BCUT2D eigenvalue weighted by molar-refractivity contribution is 4.83. The molecule has 120 valence electrons. The van der Waals surface area contributed by atoms with E-state index in [-0.39, 0.29) is 0 Å². The zero-order valence-electron chi connectivity index (χ0n) is 14.6. The summed E-state index contributed by atoms with van der Waals surface area (Å²) in [5.41, 5.74) is 0. The van der Waals surface area contributed by atoms with Crippen molar-refractivity contribution in [3.8, 4) is 0 Å². The van der Waals surface area contributed by atoms with E-state index < -0.39 is 0 Å². The second-order valence-electron chi connectivity index (χ2n) is 7.48. The average molecular weight is 282 g/mol. The Bertz CT molecular complexity index is 216. The Labute approximate surface area is 128 Å². The maximum Gasteiger partial charge on any atom is 0.00925 e. The average Bonchev–Trinajstić information content (AvgIpc) is 2.41. The Morgan fingerprint density at radius 2 is 1.40 bits per heavy atom. The molecule has 0 saturated heterocycles. The van der Waals surface area contributed by atoms with E-state index in [0.717, 1.165) is 23.8 Å². The fraction of sp³-hybridized carbons (Fsp3) is 1.00. The zero-order valence-corrected chi connectivity index (χ0v) is 14.6. The lowest BCUT2D eigenvalue weighted by Gasteiger charge is -2.36.